The fourth-order valence-electron chi connectivity index (χ4n) is 2.20. The summed E-state index contributed by atoms with van der Waals surface area (Å²) in [6.07, 6.45) is 0. The first-order valence-electron chi connectivity index (χ1n) is 7.78. The smallest absolute Gasteiger partial charge is 0.387 e. The number of carbonyl (C=O) groups excluding carboxylic acids is 1. The van der Waals surface area contributed by atoms with Crippen LogP contribution in [0.2, 0.25) is 0 Å². The Balaban J connectivity index is 1.88. The van der Waals surface area contributed by atoms with Gasteiger partial charge in [-0.05, 0) is 29.8 Å². The number of carbonyl (C=O) groups is 1. The van der Waals surface area contributed by atoms with E-state index < -0.39 is 6.61 Å². The molecule has 2 rings (SSSR count). The van der Waals surface area contributed by atoms with Gasteiger partial charge in [-0.25, -0.2) is 0 Å². The Kier molecular flexibility index (Phi) is 7.02. The molecule has 0 aliphatic rings. The van der Waals surface area contributed by atoms with E-state index in [1.807, 2.05) is 24.3 Å². The standard InChI is InChI=1S/C18H20F2N2O4/c1-24-14-5-3-4-12(8-14)10-22-17(23)11-21-13-6-7-15(25-2)16(9-13)26-18(19)20/h3-9,18,21H,10-11H2,1-2H3,(H,22,23). The zero-order valence-corrected chi connectivity index (χ0v) is 14.4. The second-order valence-corrected chi connectivity index (χ2v) is 5.23. The fraction of sp³-hybridized carbons (Fsp3) is 0.278. The van der Waals surface area contributed by atoms with Crippen LogP contribution >= 0.6 is 0 Å². The molecule has 0 unspecified atom stereocenters. The molecule has 0 saturated carbocycles. The molecule has 1 amide bonds. The quantitative estimate of drug-likeness (QED) is 0.714. The Hall–Kier alpha value is -3.03. The topological polar surface area (TPSA) is 68.8 Å². The molecule has 0 aliphatic carbocycles. The molecule has 8 heteroatoms. The summed E-state index contributed by atoms with van der Waals surface area (Å²) in [5, 5.41) is 5.61. The van der Waals surface area contributed by atoms with Crippen molar-refractivity contribution < 1.29 is 27.8 Å². The van der Waals surface area contributed by atoms with Crippen molar-refractivity contribution in [1.29, 1.82) is 0 Å². The summed E-state index contributed by atoms with van der Waals surface area (Å²) < 4.78 is 39.3. The lowest BCUT2D eigenvalue weighted by atomic mass is 10.2. The number of hydrogen-bond acceptors (Lipinski definition) is 5. The van der Waals surface area contributed by atoms with E-state index in [4.69, 9.17) is 9.47 Å². The van der Waals surface area contributed by atoms with Crippen molar-refractivity contribution in [3.8, 4) is 17.2 Å². The Morgan fingerprint density at radius 1 is 1.08 bits per heavy atom. The van der Waals surface area contributed by atoms with E-state index in [9.17, 15) is 13.6 Å². The van der Waals surface area contributed by atoms with Crippen molar-refractivity contribution in [1.82, 2.24) is 5.32 Å². The second-order valence-electron chi connectivity index (χ2n) is 5.23. The summed E-state index contributed by atoms with van der Waals surface area (Å²) in [7, 11) is 2.93. The molecule has 140 valence electrons. The molecule has 0 atom stereocenters. The minimum Gasteiger partial charge on any atom is -0.497 e. The molecule has 0 spiro atoms. The van der Waals surface area contributed by atoms with E-state index in [1.165, 1.54) is 19.2 Å². The highest BCUT2D eigenvalue weighted by Crippen LogP contribution is 2.31. The average Bonchev–Trinajstić information content (AvgIpc) is 2.64. The molecule has 26 heavy (non-hydrogen) atoms. The fourth-order valence-corrected chi connectivity index (χ4v) is 2.20. The number of methoxy groups -OCH3 is 2. The molecule has 6 nitrogen and oxygen atoms in total. The van der Waals surface area contributed by atoms with Gasteiger partial charge >= 0.3 is 6.61 Å². The lowest BCUT2D eigenvalue weighted by molar-refractivity contribution is -0.119. The Bertz CT molecular complexity index is 741. The minimum atomic E-state index is -2.97. The van der Waals surface area contributed by atoms with Gasteiger partial charge in [0.2, 0.25) is 5.91 Å². The lowest BCUT2D eigenvalue weighted by Gasteiger charge is -2.13. The van der Waals surface area contributed by atoms with Gasteiger partial charge in [-0.2, -0.15) is 8.78 Å². The number of amides is 1. The van der Waals surface area contributed by atoms with Gasteiger partial charge in [0, 0.05) is 18.3 Å². The van der Waals surface area contributed by atoms with Crippen LogP contribution in [0.5, 0.6) is 17.2 Å². The maximum Gasteiger partial charge on any atom is 0.387 e. The van der Waals surface area contributed by atoms with E-state index in [1.54, 1.807) is 13.2 Å². The maximum atomic E-state index is 12.4. The van der Waals surface area contributed by atoms with Crippen LogP contribution in [-0.4, -0.2) is 33.3 Å². The van der Waals surface area contributed by atoms with Gasteiger partial charge in [-0.15, -0.1) is 0 Å². The SMILES string of the molecule is COc1cccc(CNC(=O)CNc2ccc(OC)c(OC(F)F)c2)c1. The number of hydrogen-bond donors (Lipinski definition) is 2. The molecule has 0 heterocycles. The Morgan fingerprint density at radius 3 is 2.58 bits per heavy atom. The Morgan fingerprint density at radius 2 is 1.88 bits per heavy atom. The molecule has 2 aromatic rings. The number of halogens is 2. The van der Waals surface area contributed by atoms with Crippen LogP contribution in [0.25, 0.3) is 0 Å². The van der Waals surface area contributed by atoms with Crippen LogP contribution in [0.1, 0.15) is 5.56 Å². The van der Waals surface area contributed by atoms with Crippen LogP contribution in [0, 0.1) is 0 Å². The average molecular weight is 366 g/mol. The molecular weight excluding hydrogens is 346 g/mol. The van der Waals surface area contributed by atoms with Crippen LogP contribution in [-0.2, 0) is 11.3 Å². The first-order chi connectivity index (χ1) is 12.5. The molecule has 2 aromatic carbocycles. The van der Waals surface area contributed by atoms with Crippen molar-refractivity contribution in [2.24, 2.45) is 0 Å². The van der Waals surface area contributed by atoms with Gasteiger partial charge in [-0.3, -0.25) is 4.79 Å². The van der Waals surface area contributed by atoms with Crippen molar-refractivity contribution in [2.75, 3.05) is 26.1 Å². The zero-order valence-electron chi connectivity index (χ0n) is 14.4. The molecule has 0 aliphatic heterocycles. The van der Waals surface area contributed by atoms with E-state index in [0.29, 0.717) is 18.0 Å². The van der Waals surface area contributed by atoms with Crippen LogP contribution < -0.4 is 24.8 Å². The predicted molar refractivity (Wildman–Crippen MR) is 93.0 cm³/mol. The highest BCUT2D eigenvalue weighted by atomic mass is 19.3. The zero-order chi connectivity index (χ0) is 18.9. The van der Waals surface area contributed by atoms with Gasteiger partial charge in [0.15, 0.2) is 11.5 Å². The Labute approximate surface area is 150 Å². The summed E-state index contributed by atoms with van der Waals surface area (Å²) in [4.78, 5) is 11.9. The molecule has 2 N–H and O–H groups in total. The normalized spacial score (nSPS) is 10.3. The number of nitrogens with one attached hydrogen (secondary N) is 2. The van der Waals surface area contributed by atoms with Gasteiger partial charge in [0.1, 0.15) is 5.75 Å². The maximum absolute atomic E-state index is 12.4. The molecule has 0 fully saturated rings. The van der Waals surface area contributed by atoms with Crippen molar-refractivity contribution >= 4 is 11.6 Å². The number of alkyl halides is 2. The number of rotatable bonds is 9. The molecule has 0 radical (unpaired) electrons. The monoisotopic (exact) mass is 366 g/mol. The summed E-state index contributed by atoms with van der Waals surface area (Å²) in [6.45, 7) is -2.64. The van der Waals surface area contributed by atoms with Crippen molar-refractivity contribution in [3.63, 3.8) is 0 Å². The first kappa shape index (κ1) is 19.3. The number of anilines is 1. The highest BCUT2D eigenvalue weighted by molar-refractivity contribution is 5.80. The van der Waals surface area contributed by atoms with Gasteiger partial charge in [0.25, 0.3) is 0 Å². The third kappa shape index (κ3) is 5.80. The summed E-state index contributed by atoms with van der Waals surface area (Å²) in [5.74, 6) is 0.530. The largest absolute Gasteiger partial charge is 0.497 e. The molecule has 0 bridgehead atoms. The second kappa shape index (κ2) is 9.45. The van der Waals surface area contributed by atoms with E-state index in [2.05, 4.69) is 15.4 Å². The predicted octanol–water partition coefficient (Wildman–Crippen LogP) is 3.03. The number of ether oxygens (including phenoxy) is 3. The third-order valence-corrected chi connectivity index (χ3v) is 3.46. The molecule has 0 aromatic heterocycles. The number of benzene rings is 2. The highest BCUT2D eigenvalue weighted by Gasteiger charge is 2.11. The van der Waals surface area contributed by atoms with Crippen LogP contribution in [0.4, 0.5) is 14.5 Å². The van der Waals surface area contributed by atoms with Crippen molar-refractivity contribution in [3.05, 3.63) is 48.0 Å². The summed E-state index contributed by atoms with van der Waals surface area (Å²) in [5.41, 5.74) is 1.35. The van der Waals surface area contributed by atoms with Gasteiger partial charge in [-0.1, -0.05) is 12.1 Å². The third-order valence-electron chi connectivity index (χ3n) is 3.46. The lowest BCUT2D eigenvalue weighted by Crippen LogP contribution is -2.29. The summed E-state index contributed by atoms with van der Waals surface area (Å²) in [6, 6.07) is 11.8. The molecule has 0 saturated heterocycles. The molecular formula is C18H20F2N2O4. The van der Waals surface area contributed by atoms with E-state index >= 15 is 0 Å². The minimum absolute atomic E-state index is 0.0234. The van der Waals surface area contributed by atoms with Crippen LogP contribution in [0.15, 0.2) is 42.5 Å². The van der Waals surface area contributed by atoms with Gasteiger partial charge in [0.05, 0.1) is 20.8 Å². The van der Waals surface area contributed by atoms with Crippen molar-refractivity contribution in [2.45, 2.75) is 13.2 Å². The van der Waals surface area contributed by atoms with Crippen LogP contribution in [0.3, 0.4) is 0 Å². The van der Waals surface area contributed by atoms with Gasteiger partial charge < -0.3 is 24.8 Å². The van der Waals surface area contributed by atoms with E-state index in [0.717, 1.165) is 5.56 Å². The first-order valence-corrected chi connectivity index (χ1v) is 7.78. The summed E-state index contributed by atoms with van der Waals surface area (Å²) >= 11 is 0. The van der Waals surface area contributed by atoms with E-state index in [-0.39, 0.29) is 24.0 Å².